The molecule has 79 valence electrons. The predicted molar refractivity (Wildman–Crippen MR) is 44.5 cm³/mol. The van der Waals surface area contributed by atoms with Gasteiger partial charge in [-0.2, -0.15) is 0 Å². The Hall–Kier alpha value is 0.270. The zero-order chi connectivity index (χ0) is 10.6. The van der Waals surface area contributed by atoms with Crippen LogP contribution >= 0.6 is 0 Å². The van der Waals surface area contributed by atoms with Crippen molar-refractivity contribution in [1.82, 2.24) is 0 Å². The summed E-state index contributed by atoms with van der Waals surface area (Å²) in [5, 5.41) is 51.8. The van der Waals surface area contributed by atoms with E-state index in [2.05, 4.69) is 0 Å². The molecule has 0 amide bonds. The van der Waals surface area contributed by atoms with Crippen LogP contribution in [0.15, 0.2) is 0 Å². The molecule has 0 saturated heterocycles. The fourth-order valence-corrected chi connectivity index (χ4v) is 0.668. The van der Waals surface area contributed by atoms with Crippen molar-refractivity contribution >= 4 is 35.5 Å². The first-order valence-corrected chi connectivity index (χ1v) is 3.47. The van der Waals surface area contributed by atoms with Gasteiger partial charge < -0.3 is 30.6 Å². The van der Waals surface area contributed by atoms with Crippen LogP contribution < -0.4 is 0 Å². The van der Waals surface area contributed by atoms with Gasteiger partial charge in [0.2, 0.25) is 0 Å². The summed E-state index contributed by atoms with van der Waals surface area (Å²) in [7, 11) is 0. The van der Waals surface area contributed by atoms with E-state index in [9.17, 15) is 4.79 Å². The summed E-state index contributed by atoms with van der Waals surface area (Å²) in [5.41, 5.74) is 0. The molecule has 0 rings (SSSR count). The minimum absolute atomic E-state index is 0. The average Bonchev–Trinajstić information content (AvgIpc) is 2.12. The van der Waals surface area contributed by atoms with E-state index in [1.54, 1.807) is 0 Å². The molecule has 4 atom stereocenters. The van der Waals surface area contributed by atoms with Gasteiger partial charge in [0.25, 0.3) is 0 Å². The molecule has 0 spiro atoms. The molecule has 8 heteroatoms. The van der Waals surface area contributed by atoms with Crippen LogP contribution in [0.5, 0.6) is 0 Å². The van der Waals surface area contributed by atoms with Crippen molar-refractivity contribution in [1.29, 1.82) is 0 Å². The quantitative estimate of drug-likeness (QED) is 0.260. The Bertz CT molecular complexity index is 176. The Morgan fingerprint density at radius 3 is 1.79 bits per heavy atom. The molecule has 0 aliphatic rings. The Morgan fingerprint density at radius 2 is 1.50 bits per heavy atom. The van der Waals surface area contributed by atoms with Gasteiger partial charge in [-0.15, -0.1) is 0 Å². The van der Waals surface area contributed by atoms with Crippen LogP contribution in [-0.2, 0) is 4.79 Å². The van der Waals surface area contributed by atoms with Crippen LogP contribution in [0, 0.1) is 0 Å². The number of aliphatic carboxylic acids is 1. The van der Waals surface area contributed by atoms with Gasteiger partial charge >= 0.3 is 5.97 Å². The zero-order valence-electron chi connectivity index (χ0n) is 7.61. The van der Waals surface area contributed by atoms with Gasteiger partial charge in [0.1, 0.15) is 18.3 Å². The number of aliphatic hydroxyl groups excluding tert-OH is 5. The number of carbonyl (C=O) groups is 1. The number of hydrogen-bond acceptors (Lipinski definition) is 6. The monoisotopic (exact) mass is 219 g/mol. The first-order chi connectivity index (χ1) is 5.91. The van der Waals surface area contributed by atoms with E-state index in [0.717, 1.165) is 0 Å². The summed E-state index contributed by atoms with van der Waals surface area (Å²) in [5.74, 6) is -1.73. The third-order valence-corrected chi connectivity index (χ3v) is 1.51. The van der Waals surface area contributed by atoms with E-state index >= 15 is 0 Å². The molecule has 0 aromatic carbocycles. The molecule has 0 fully saturated rings. The van der Waals surface area contributed by atoms with Crippen molar-refractivity contribution in [2.75, 3.05) is 6.61 Å². The van der Waals surface area contributed by atoms with Crippen LogP contribution in [0.3, 0.4) is 0 Å². The van der Waals surface area contributed by atoms with Crippen molar-refractivity contribution in [2.24, 2.45) is 0 Å². The molecule has 7 nitrogen and oxygen atoms in total. The summed E-state index contributed by atoms with van der Waals surface area (Å²) in [4.78, 5) is 10.1. The van der Waals surface area contributed by atoms with Crippen LogP contribution in [0.1, 0.15) is 0 Å². The van der Waals surface area contributed by atoms with Crippen LogP contribution in [0.2, 0.25) is 0 Å². The summed E-state index contributed by atoms with van der Waals surface area (Å²) in [6, 6.07) is 0. The number of aliphatic hydroxyl groups is 5. The molecule has 0 aromatic rings. The second kappa shape index (κ2) is 7.55. The second-order valence-corrected chi connectivity index (χ2v) is 2.51. The van der Waals surface area contributed by atoms with Crippen LogP contribution in [0.4, 0.5) is 0 Å². The Morgan fingerprint density at radius 1 is 1.07 bits per heavy atom. The first-order valence-electron chi connectivity index (χ1n) is 3.47. The second-order valence-electron chi connectivity index (χ2n) is 2.51. The topological polar surface area (TPSA) is 138 Å². The normalized spacial score (nSPS) is 18.9. The van der Waals surface area contributed by atoms with Crippen LogP contribution in [0.25, 0.3) is 0 Å². The molecule has 0 unspecified atom stereocenters. The van der Waals surface area contributed by atoms with Gasteiger partial charge in [0.05, 0.1) is 6.61 Å². The Balaban J connectivity index is 0. The Labute approximate surface area is 102 Å². The summed E-state index contributed by atoms with van der Waals surface area (Å²) in [6.07, 6.45) is -7.84. The summed E-state index contributed by atoms with van der Waals surface area (Å²) < 4.78 is 0. The van der Waals surface area contributed by atoms with Crippen molar-refractivity contribution in [3.63, 3.8) is 0 Å². The van der Waals surface area contributed by atoms with Gasteiger partial charge in [-0.3, -0.25) is 0 Å². The minimum atomic E-state index is -2.20. The van der Waals surface area contributed by atoms with Gasteiger partial charge in [0.15, 0.2) is 6.10 Å². The molecule has 0 bridgehead atoms. The molecule has 14 heavy (non-hydrogen) atoms. The van der Waals surface area contributed by atoms with Crippen molar-refractivity contribution in [2.45, 2.75) is 24.4 Å². The smallest absolute Gasteiger partial charge is 0.335 e. The standard InChI is InChI=1S/C6H12O7.Na/c7-1-2(8)3(9)4(10)5(11)6(12)13;/h2-5,7-11H,1H2,(H,12,13);/t2-,3-,4+,5-;/m1./s1. The molecule has 0 aliphatic heterocycles. The van der Waals surface area contributed by atoms with Gasteiger partial charge in [-0.1, -0.05) is 0 Å². The molecular weight excluding hydrogens is 207 g/mol. The number of hydrogen-bond donors (Lipinski definition) is 6. The Kier molecular flexibility index (Phi) is 9.00. The molecule has 0 saturated carbocycles. The molecular formula is C6H12NaO7. The predicted octanol–water partition coefficient (Wildman–Crippen LogP) is -3.87. The molecule has 0 heterocycles. The summed E-state index contributed by atoms with van der Waals surface area (Å²) >= 11 is 0. The number of carboxylic acids is 1. The maximum Gasteiger partial charge on any atom is 0.335 e. The third kappa shape index (κ3) is 4.67. The van der Waals surface area contributed by atoms with Crippen molar-refractivity contribution < 1.29 is 35.4 Å². The average molecular weight is 219 g/mol. The number of rotatable bonds is 5. The van der Waals surface area contributed by atoms with E-state index in [-0.39, 0.29) is 29.6 Å². The van der Waals surface area contributed by atoms with Crippen molar-refractivity contribution in [3.8, 4) is 0 Å². The zero-order valence-corrected chi connectivity index (χ0v) is 9.61. The largest absolute Gasteiger partial charge is 0.479 e. The van der Waals surface area contributed by atoms with Crippen molar-refractivity contribution in [3.05, 3.63) is 0 Å². The fraction of sp³-hybridized carbons (Fsp3) is 0.833. The SMILES string of the molecule is O=C(O)[C@H](O)[C@@H](O)[C@H](O)[C@H](O)CO.[Na]. The molecule has 1 radical (unpaired) electrons. The van der Waals surface area contributed by atoms with E-state index in [1.165, 1.54) is 0 Å². The van der Waals surface area contributed by atoms with E-state index < -0.39 is 37.0 Å². The van der Waals surface area contributed by atoms with Crippen LogP contribution in [-0.4, -0.2) is 97.2 Å². The maximum absolute atomic E-state index is 10.1. The van der Waals surface area contributed by atoms with E-state index in [0.29, 0.717) is 0 Å². The van der Waals surface area contributed by atoms with E-state index in [1.807, 2.05) is 0 Å². The first kappa shape index (κ1) is 16.7. The minimum Gasteiger partial charge on any atom is -0.479 e. The fourth-order valence-electron chi connectivity index (χ4n) is 0.668. The maximum atomic E-state index is 10.1. The summed E-state index contributed by atoms with van der Waals surface area (Å²) in [6.45, 7) is -0.843. The molecule has 6 N–H and O–H groups in total. The number of carboxylic acid groups (broad SMARTS) is 1. The van der Waals surface area contributed by atoms with Gasteiger partial charge in [-0.25, -0.2) is 4.79 Å². The van der Waals surface area contributed by atoms with Gasteiger partial charge in [0, 0.05) is 29.6 Å². The van der Waals surface area contributed by atoms with E-state index in [4.69, 9.17) is 30.6 Å². The van der Waals surface area contributed by atoms with Gasteiger partial charge in [-0.05, 0) is 0 Å². The molecule has 0 aromatic heterocycles. The third-order valence-electron chi connectivity index (χ3n) is 1.51. The molecule has 0 aliphatic carbocycles.